The molecule has 2 aromatic rings. The Labute approximate surface area is 81.5 Å². The van der Waals surface area contributed by atoms with E-state index in [0.717, 1.165) is 12.1 Å². The Kier molecular flexibility index (Phi) is 2.07. The summed E-state index contributed by atoms with van der Waals surface area (Å²) in [5.74, 6) is -4.39. The third-order valence-corrected chi connectivity index (χ3v) is 1.67. The molecule has 0 fully saturated rings. The lowest BCUT2D eigenvalue weighted by atomic mass is 10.2. The van der Waals surface area contributed by atoms with Crippen LogP contribution in [0.3, 0.4) is 0 Å². The van der Waals surface area contributed by atoms with Gasteiger partial charge in [0.15, 0.2) is 17.5 Å². The van der Waals surface area contributed by atoms with Crippen LogP contribution >= 0.6 is 0 Å². The van der Waals surface area contributed by atoms with Crippen LogP contribution in [0.5, 0.6) is 0 Å². The molecule has 78 valence electrons. The molecular formula is C8H4F3N3O. The number of halogens is 3. The van der Waals surface area contributed by atoms with Gasteiger partial charge in [-0.15, -0.1) is 5.10 Å². The van der Waals surface area contributed by atoms with Crippen molar-refractivity contribution in [1.29, 1.82) is 0 Å². The molecule has 4 nitrogen and oxygen atoms in total. The van der Waals surface area contributed by atoms with Crippen LogP contribution in [0.1, 0.15) is 0 Å². The Morgan fingerprint density at radius 1 is 1.07 bits per heavy atom. The van der Waals surface area contributed by atoms with Crippen LogP contribution in [-0.4, -0.2) is 10.2 Å². The number of aromatic nitrogens is 2. The molecule has 0 atom stereocenters. The highest BCUT2D eigenvalue weighted by Gasteiger charge is 2.14. The van der Waals surface area contributed by atoms with Crippen LogP contribution < -0.4 is 5.73 Å². The summed E-state index contributed by atoms with van der Waals surface area (Å²) in [4.78, 5) is 0. The third kappa shape index (κ3) is 1.63. The maximum atomic E-state index is 12.8. The molecule has 0 bridgehead atoms. The third-order valence-electron chi connectivity index (χ3n) is 1.67. The number of rotatable bonds is 1. The van der Waals surface area contributed by atoms with Crippen LogP contribution in [0.25, 0.3) is 11.5 Å². The van der Waals surface area contributed by atoms with E-state index in [0.29, 0.717) is 0 Å². The fourth-order valence-electron chi connectivity index (χ4n) is 1.03. The van der Waals surface area contributed by atoms with Crippen molar-refractivity contribution in [3.05, 3.63) is 29.6 Å². The molecule has 0 saturated carbocycles. The van der Waals surface area contributed by atoms with Crippen LogP contribution in [-0.2, 0) is 0 Å². The molecule has 0 spiro atoms. The summed E-state index contributed by atoms with van der Waals surface area (Å²) in [6.07, 6.45) is 0. The lowest BCUT2D eigenvalue weighted by Crippen LogP contribution is -1.91. The molecular weight excluding hydrogens is 211 g/mol. The number of hydrogen-bond donors (Lipinski definition) is 1. The van der Waals surface area contributed by atoms with Gasteiger partial charge in [0.05, 0.1) is 0 Å². The highest BCUT2D eigenvalue weighted by atomic mass is 19.2. The van der Waals surface area contributed by atoms with E-state index >= 15 is 0 Å². The van der Waals surface area contributed by atoms with Gasteiger partial charge in [-0.1, -0.05) is 5.10 Å². The van der Waals surface area contributed by atoms with Crippen LogP contribution in [0.15, 0.2) is 16.5 Å². The van der Waals surface area contributed by atoms with E-state index in [9.17, 15) is 13.2 Å². The van der Waals surface area contributed by atoms with Crippen molar-refractivity contribution in [2.45, 2.75) is 0 Å². The number of hydrogen-bond acceptors (Lipinski definition) is 4. The first kappa shape index (κ1) is 9.50. The number of nitrogen functional groups attached to an aromatic ring is 1. The molecule has 0 unspecified atom stereocenters. The Bertz CT molecular complexity index is 489. The van der Waals surface area contributed by atoms with Crippen molar-refractivity contribution < 1.29 is 17.6 Å². The maximum absolute atomic E-state index is 12.8. The normalized spacial score (nSPS) is 10.6. The molecule has 15 heavy (non-hydrogen) atoms. The van der Waals surface area contributed by atoms with Gasteiger partial charge in [0.25, 0.3) is 0 Å². The summed E-state index contributed by atoms with van der Waals surface area (Å²) in [5, 5.41) is 6.70. The van der Waals surface area contributed by atoms with Gasteiger partial charge in [-0.3, -0.25) is 0 Å². The molecule has 0 aliphatic rings. The maximum Gasteiger partial charge on any atom is 0.313 e. The number of anilines is 1. The van der Waals surface area contributed by atoms with E-state index < -0.39 is 17.5 Å². The molecule has 2 N–H and O–H groups in total. The van der Waals surface area contributed by atoms with Crippen molar-refractivity contribution in [3.8, 4) is 11.5 Å². The number of nitrogens with zero attached hydrogens (tertiary/aromatic N) is 2. The van der Waals surface area contributed by atoms with Gasteiger partial charge in [0.2, 0.25) is 5.89 Å². The summed E-state index contributed by atoms with van der Waals surface area (Å²) in [6.45, 7) is 0. The number of nitrogens with two attached hydrogens (primary N) is 1. The molecule has 0 aliphatic carbocycles. The zero-order chi connectivity index (χ0) is 11.0. The van der Waals surface area contributed by atoms with Crippen LogP contribution in [0.4, 0.5) is 19.2 Å². The highest BCUT2D eigenvalue weighted by Crippen LogP contribution is 2.22. The molecule has 1 aromatic heterocycles. The quantitative estimate of drug-likeness (QED) is 0.736. The standard InChI is InChI=1S/C8H4F3N3O/c9-4-1-3(2-5(10)6(4)11)7-13-14-8(12)15-7/h1-2H,(H2,12,14). The van der Waals surface area contributed by atoms with Crippen molar-refractivity contribution in [3.63, 3.8) is 0 Å². The van der Waals surface area contributed by atoms with E-state index in [1.165, 1.54) is 0 Å². The lowest BCUT2D eigenvalue weighted by molar-refractivity contribution is 0.447. The first-order chi connectivity index (χ1) is 7.08. The van der Waals surface area contributed by atoms with Crippen LogP contribution in [0.2, 0.25) is 0 Å². The average Bonchev–Trinajstić information content (AvgIpc) is 2.60. The topological polar surface area (TPSA) is 64.9 Å². The van der Waals surface area contributed by atoms with Crippen LogP contribution in [0, 0.1) is 17.5 Å². The molecule has 0 aliphatic heterocycles. The molecule has 1 heterocycles. The smallest absolute Gasteiger partial charge is 0.313 e. The van der Waals surface area contributed by atoms with Crippen molar-refractivity contribution in [2.75, 3.05) is 5.73 Å². The summed E-state index contributed by atoms with van der Waals surface area (Å²) in [7, 11) is 0. The van der Waals surface area contributed by atoms with E-state index in [1.54, 1.807) is 0 Å². The van der Waals surface area contributed by atoms with E-state index in [2.05, 4.69) is 10.2 Å². The summed E-state index contributed by atoms with van der Waals surface area (Å²) < 4.78 is 42.9. The van der Waals surface area contributed by atoms with Gasteiger partial charge in [0, 0.05) is 5.56 Å². The molecule has 0 saturated heterocycles. The second-order valence-corrected chi connectivity index (χ2v) is 2.70. The van der Waals surface area contributed by atoms with Crippen molar-refractivity contribution in [2.24, 2.45) is 0 Å². The Morgan fingerprint density at radius 2 is 1.67 bits per heavy atom. The van der Waals surface area contributed by atoms with Gasteiger partial charge >= 0.3 is 6.01 Å². The summed E-state index contributed by atoms with van der Waals surface area (Å²) in [6, 6.07) is 1.24. The fourth-order valence-corrected chi connectivity index (χ4v) is 1.03. The van der Waals surface area contributed by atoms with Gasteiger partial charge in [0.1, 0.15) is 0 Å². The molecule has 0 amide bonds. The zero-order valence-corrected chi connectivity index (χ0v) is 7.17. The molecule has 0 radical (unpaired) electrons. The lowest BCUT2D eigenvalue weighted by Gasteiger charge is -1.97. The van der Waals surface area contributed by atoms with Gasteiger partial charge in [-0.05, 0) is 12.1 Å². The largest absolute Gasteiger partial charge is 0.404 e. The molecule has 2 rings (SSSR count). The summed E-state index contributed by atoms with van der Waals surface area (Å²) >= 11 is 0. The van der Waals surface area contributed by atoms with Gasteiger partial charge in [-0.25, -0.2) is 13.2 Å². The predicted molar refractivity (Wildman–Crippen MR) is 44.0 cm³/mol. The monoisotopic (exact) mass is 215 g/mol. The molecule has 1 aromatic carbocycles. The Hall–Kier alpha value is -2.05. The Morgan fingerprint density at radius 3 is 2.13 bits per heavy atom. The van der Waals surface area contributed by atoms with Crippen molar-refractivity contribution in [1.82, 2.24) is 10.2 Å². The second kappa shape index (κ2) is 3.26. The SMILES string of the molecule is Nc1nnc(-c2cc(F)c(F)c(F)c2)o1. The van der Waals surface area contributed by atoms with Gasteiger partial charge in [-0.2, -0.15) is 0 Å². The average molecular weight is 215 g/mol. The first-order valence-corrected chi connectivity index (χ1v) is 3.82. The fraction of sp³-hybridized carbons (Fsp3) is 0. The predicted octanol–water partition coefficient (Wildman–Crippen LogP) is 1.74. The minimum absolute atomic E-state index is 0.0735. The van der Waals surface area contributed by atoms with Crippen molar-refractivity contribution >= 4 is 6.01 Å². The van der Waals surface area contributed by atoms with Gasteiger partial charge < -0.3 is 10.2 Å². The molecule has 7 heteroatoms. The number of benzene rings is 1. The van der Waals surface area contributed by atoms with E-state index in [1.807, 2.05) is 0 Å². The minimum atomic E-state index is -1.55. The Balaban J connectivity index is 2.55. The highest BCUT2D eigenvalue weighted by molar-refractivity contribution is 5.53. The first-order valence-electron chi connectivity index (χ1n) is 3.82. The zero-order valence-electron chi connectivity index (χ0n) is 7.17. The second-order valence-electron chi connectivity index (χ2n) is 2.70. The van der Waals surface area contributed by atoms with E-state index in [-0.39, 0.29) is 17.5 Å². The summed E-state index contributed by atoms with van der Waals surface area (Å²) in [5.41, 5.74) is 5.05. The van der Waals surface area contributed by atoms with E-state index in [4.69, 9.17) is 10.2 Å². The minimum Gasteiger partial charge on any atom is -0.404 e.